The van der Waals surface area contributed by atoms with E-state index in [9.17, 15) is 43.2 Å². The van der Waals surface area contributed by atoms with Gasteiger partial charge >= 0.3 is 39.5 Å². The van der Waals surface area contributed by atoms with Gasteiger partial charge in [-0.15, -0.1) is 0 Å². The normalized spacial score (nSPS) is 14.2. The van der Waals surface area contributed by atoms with Crippen molar-refractivity contribution in [3.05, 3.63) is 0 Å². The van der Waals surface area contributed by atoms with Crippen molar-refractivity contribution in [1.29, 1.82) is 0 Å². The summed E-state index contributed by atoms with van der Waals surface area (Å²) in [6.07, 6.45) is 62.4. The second-order valence-electron chi connectivity index (χ2n) is 29.9. The molecule has 0 aliphatic rings. The number of unbranched alkanes of at least 4 members (excludes halogenated alkanes) is 49. The number of ether oxygens (including phenoxy) is 4. The molecule has 100 heavy (non-hydrogen) atoms. The second kappa shape index (κ2) is 72.6. The van der Waals surface area contributed by atoms with Crippen LogP contribution in [0.15, 0.2) is 0 Å². The molecule has 0 spiro atoms. The highest BCUT2D eigenvalue weighted by Gasteiger charge is 2.30. The van der Waals surface area contributed by atoms with Gasteiger partial charge in [0.15, 0.2) is 12.2 Å². The van der Waals surface area contributed by atoms with E-state index in [1.807, 2.05) is 0 Å². The Morgan fingerprint density at radius 1 is 0.290 bits per heavy atom. The number of hydrogen-bond donors (Lipinski definition) is 3. The van der Waals surface area contributed by atoms with Crippen molar-refractivity contribution in [3.8, 4) is 0 Å². The van der Waals surface area contributed by atoms with E-state index in [1.165, 1.54) is 238 Å². The van der Waals surface area contributed by atoms with Crippen molar-refractivity contribution in [3.63, 3.8) is 0 Å². The molecule has 0 saturated carbocycles. The van der Waals surface area contributed by atoms with E-state index in [1.54, 1.807) is 0 Å². The molecule has 0 rings (SSSR count). The molecule has 6 atom stereocenters. The number of aliphatic hydroxyl groups is 1. The third-order valence-electron chi connectivity index (χ3n) is 19.3. The van der Waals surface area contributed by atoms with Crippen LogP contribution in [0.2, 0.25) is 0 Å². The summed E-state index contributed by atoms with van der Waals surface area (Å²) < 4.78 is 68.6. The third kappa shape index (κ3) is 73.0. The first kappa shape index (κ1) is 98.1. The van der Waals surface area contributed by atoms with Gasteiger partial charge in [-0.2, -0.15) is 0 Å². The molecular formula is C81H158O17P2. The molecule has 0 aromatic rings. The largest absolute Gasteiger partial charge is 0.472 e. The van der Waals surface area contributed by atoms with Gasteiger partial charge in [0.1, 0.15) is 19.3 Å². The lowest BCUT2D eigenvalue weighted by atomic mass is 9.99. The number of phosphoric acid groups is 2. The number of aliphatic hydroxyl groups excluding tert-OH is 1. The Kier molecular flexibility index (Phi) is 71.2. The highest BCUT2D eigenvalue weighted by atomic mass is 31.2. The molecule has 0 radical (unpaired) electrons. The first-order valence-corrected chi connectivity index (χ1v) is 45.0. The number of rotatable bonds is 80. The highest BCUT2D eigenvalue weighted by molar-refractivity contribution is 7.47. The molecule has 17 nitrogen and oxygen atoms in total. The van der Waals surface area contributed by atoms with E-state index in [-0.39, 0.29) is 25.7 Å². The van der Waals surface area contributed by atoms with Crippen LogP contribution in [0.1, 0.15) is 427 Å². The molecule has 594 valence electrons. The summed E-state index contributed by atoms with van der Waals surface area (Å²) in [5.74, 6) is -0.440. The van der Waals surface area contributed by atoms with Gasteiger partial charge in [-0.1, -0.05) is 375 Å². The molecule has 0 heterocycles. The fraction of sp³-hybridized carbons (Fsp3) is 0.951. The minimum atomic E-state index is -4.96. The van der Waals surface area contributed by atoms with Gasteiger partial charge in [-0.3, -0.25) is 37.3 Å². The van der Waals surface area contributed by atoms with Crippen LogP contribution in [-0.4, -0.2) is 96.7 Å². The number of phosphoric ester groups is 2. The summed E-state index contributed by atoms with van der Waals surface area (Å²) in [7, 11) is -9.91. The van der Waals surface area contributed by atoms with Crippen molar-refractivity contribution >= 4 is 39.5 Å². The second-order valence-corrected chi connectivity index (χ2v) is 32.8. The first-order valence-electron chi connectivity index (χ1n) is 42.0. The molecular weight excluding hydrogens is 1310 g/mol. The molecule has 3 unspecified atom stereocenters. The minimum Gasteiger partial charge on any atom is -0.462 e. The van der Waals surface area contributed by atoms with E-state index in [2.05, 4.69) is 41.5 Å². The van der Waals surface area contributed by atoms with Crippen molar-refractivity contribution in [1.82, 2.24) is 0 Å². The molecule has 0 bridgehead atoms. The maximum absolute atomic E-state index is 13.1. The van der Waals surface area contributed by atoms with Gasteiger partial charge in [-0.05, 0) is 37.5 Å². The van der Waals surface area contributed by atoms with Crippen LogP contribution in [0.3, 0.4) is 0 Å². The zero-order chi connectivity index (χ0) is 73.5. The Bertz CT molecular complexity index is 1930. The Hall–Kier alpha value is -1.94. The van der Waals surface area contributed by atoms with Crippen LogP contribution in [0.4, 0.5) is 0 Å². The van der Waals surface area contributed by atoms with Gasteiger partial charge in [0.05, 0.1) is 26.4 Å². The number of esters is 4. The quantitative estimate of drug-likeness (QED) is 0.0222. The van der Waals surface area contributed by atoms with Crippen molar-refractivity contribution < 1.29 is 80.2 Å². The Labute approximate surface area is 613 Å². The number of carbonyl (C=O) groups excluding carboxylic acids is 4. The Morgan fingerprint density at radius 2 is 0.510 bits per heavy atom. The fourth-order valence-corrected chi connectivity index (χ4v) is 14.1. The molecule has 19 heteroatoms. The van der Waals surface area contributed by atoms with Crippen molar-refractivity contribution in [2.24, 2.45) is 11.8 Å². The Morgan fingerprint density at radius 3 is 0.760 bits per heavy atom. The van der Waals surface area contributed by atoms with Crippen LogP contribution in [0, 0.1) is 11.8 Å². The van der Waals surface area contributed by atoms with E-state index in [4.69, 9.17) is 37.0 Å². The van der Waals surface area contributed by atoms with Crippen LogP contribution >= 0.6 is 15.6 Å². The number of hydrogen-bond acceptors (Lipinski definition) is 15. The van der Waals surface area contributed by atoms with E-state index in [0.717, 1.165) is 108 Å². The molecule has 0 aromatic carbocycles. The summed E-state index contributed by atoms with van der Waals surface area (Å²) in [5, 5.41) is 10.6. The van der Waals surface area contributed by atoms with Crippen LogP contribution < -0.4 is 0 Å². The monoisotopic (exact) mass is 1470 g/mol. The van der Waals surface area contributed by atoms with Gasteiger partial charge in [0.25, 0.3) is 0 Å². The zero-order valence-electron chi connectivity index (χ0n) is 65.5. The van der Waals surface area contributed by atoms with Crippen LogP contribution in [0.5, 0.6) is 0 Å². The van der Waals surface area contributed by atoms with E-state index < -0.39 is 97.5 Å². The summed E-state index contributed by atoms with van der Waals surface area (Å²) in [4.78, 5) is 72.9. The molecule has 3 N–H and O–H groups in total. The Balaban J connectivity index is 5.19. The van der Waals surface area contributed by atoms with Gasteiger partial charge in [0.2, 0.25) is 0 Å². The lowest BCUT2D eigenvalue weighted by Gasteiger charge is -2.21. The molecule has 0 amide bonds. The predicted octanol–water partition coefficient (Wildman–Crippen LogP) is 24.3. The molecule has 0 fully saturated rings. The first-order chi connectivity index (χ1) is 48.4. The lowest BCUT2D eigenvalue weighted by Crippen LogP contribution is -2.30. The standard InChI is InChI=1S/C81H158O17P2/c1-7-10-12-14-16-18-19-28-36-41-47-53-59-65-80(85)97-76(69-91-78(83)63-57-51-45-17-15-13-11-8-2)71-95-99(87,88)93-67-75(82)68-94-100(89,90)96-72-77(70-92-79(84)64-58-52-46-40-35-31-27-26-30-34-39-44-50-56-62-74(6)9-3)98-81(86)66-60-54-48-42-37-32-25-23-21-20-22-24-29-33-38-43-49-55-61-73(4)5/h73-77,82H,7-72H2,1-6H3,(H,87,88)(H,89,90)/t74?,75-,76+,77+/m0/s1. The van der Waals surface area contributed by atoms with Gasteiger partial charge in [0, 0.05) is 25.7 Å². The van der Waals surface area contributed by atoms with Crippen molar-refractivity contribution in [2.75, 3.05) is 39.6 Å². The number of carbonyl (C=O) groups is 4. The summed E-state index contributed by atoms with van der Waals surface area (Å²) in [5.41, 5.74) is 0. The van der Waals surface area contributed by atoms with Gasteiger partial charge in [-0.25, -0.2) is 9.13 Å². The highest BCUT2D eigenvalue weighted by Crippen LogP contribution is 2.45. The van der Waals surface area contributed by atoms with Gasteiger partial charge < -0.3 is 33.8 Å². The summed E-state index contributed by atoms with van der Waals surface area (Å²) in [6.45, 7) is 9.70. The summed E-state index contributed by atoms with van der Waals surface area (Å²) in [6, 6.07) is 0. The van der Waals surface area contributed by atoms with Crippen LogP contribution in [-0.2, 0) is 65.4 Å². The predicted molar refractivity (Wildman–Crippen MR) is 409 cm³/mol. The molecule has 0 aliphatic heterocycles. The summed E-state index contributed by atoms with van der Waals surface area (Å²) >= 11 is 0. The molecule has 0 aliphatic carbocycles. The average Bonchev–Trinajstić information content (AvgIpc) is 0.947. The van der Waals surface area contributed by atoms with Crippen molar-refractivity contribution in [2.45, 2.75) is 445 Å². The SMILES string of the molecule is CCCCCCCCCCCCCCCC(=O)O[C@H](COC(=O)CCCCCCCCCC)COP(=O)(O)OC[C@H](O)COP(=O)(O)OC[C@@H](COC(=O)CCCCCCCCCCCCCCCCC(C)CC)OC(=O)CCCCCCCCCCCCCCCCCCCCC(C)C. The van der Waals surface area contributed by atoms with Crippen LogP contribution in [0.25, 0.3) is 0 Å². The lowest BCUT2D eigenvalue weighted by molar-refractivity contribution is -0.161. The fourth-order valence-electron chi connectivity index (χ4n) is 12.5. The maximum atomic E-state index is 13.1. The minimum absolute atomic E-state index is 0.108. The zero-order valence-corrected chi connectivity index (χ0v) is 67.3. The van der Waals surface area contributed by atoms with E-state index >= 15 is 0 Å². The topological polar surface area (TPSA) is 237 Å². The third-order valence-corrected chi connectivity index (χ3v) is 21.2. The maximum Gasteiger partial charge on any atom is 0.472 e. The molecule has 0 aromatic heterocycles. The van der Waals surface area contributed by atoms with E-state index in [0.29, 0.717) is 25.7 Å². The average molecular weight is 1470 g/mol. The smallest absolute Gasteiger partial charge is 0.462 e. The molecule has 0 saturated heterocycles.